The Bertz CT molecular complexity index is 520. The van der Waals surface area contributed by atoms with Gasteiger partial charge in [-0.2, -0.15) is 0 Å². The zero-order chi connectivity index (χ0) is 14.6. The fourth-order valence-electron chi connectivity index (χ4n) is 2.22. The zero-order valence-electron chi connectivity index (χ0n) is 11.8. The second-order valence-corrected chi connectivity index (χ2v) is 7.40. The van der Waals surface area contributed by atoms with Crippen LogP contribution in [0.5, 0.6) is 5.75 Å². The summed E-state index contributed by atoms with van der Waals surface area (Å²) in [6.07, 6.45) is 1.89. The van der Waals surface area contributed by atoms with E-state index in [4.69, 9.17) is 10.5 Å². The van der Waals surface area contributed by atoms with E-state index in [-0.39, 0.29) is 12.4 Å². The molecule has 1 aliphatic heterocycles. The van der Waals surface area contributed by atoms with Crippen molar-refractivity contribution in [3.05, 3.63) is 24.3 Å². The second kappa shape index (κ2) is 6.45. The Balaban J connectivity index is 1.82. The van der Waals surface area contributed by atoms with Crippen LogP contribution in [0.15, 0.2) is 24.3 Å². The Morgan fingerprint density at radius 2 is 1.85 bits per heavy atom. The van der Waals surface area contributed by atoms with E-state index >= 15 is 0 Å². The summed E-state index contributed by atoms with van der Waals surface area (Å²) in [5.74, 6) is 1.28. The lowest BCUT2D eigenvalue weighted by atomic mass is 10.0. The highest BCUT2D eigenvalue weighted by atomic mass is 32.2. The lowest BCUT2D eigenvalue weighted by Gasteiger charge is -2.29. The van der Waals surface area contributed by atoms with Gasteiger partial charge >= 0.3 is 0 Å². The van der Waals surface area contributed by atoms with Crippen molar-refractivity contribution in [3.63, 3.8) is 0 Å². The molecule has 20 heavy (non-hydrogen) atoms. The van der Waals surface area contributed by atoms with E-state index in [9.17, 15) is 8.42 Å². The molecule has 1 heterocycles. The third-order valence-electron chi connectivity index (χ3n) is 3.63. The molecule has 2 rings (SSSR count). The van der Waals surface area contributed by atoms with Crippen molar-refractivity contribution in [2.45, 2.75) is 19.8 Å². The molecule has 1 aromatic rings. The standard InChI is InChI=1S/C14H22N2O3S/c1-12-6-8-16(9-7-12)20(17,18)11-10-19-14-4-2-13(15)3-5-14/h2-5,12H,6-11,15H2,1H3. The van der Waals surface area contributed by atoms with Crippen LogP contribution in [-0.4, -0.2) is 38.2 Å². The number of sulfonamides is 1. The van der Waals surface area contributed by atoms with Crippen molar-refractivity contribution >= 4 is 15.7 Å². The summed E-state index contributed by atoms with van der Waals surface area (Å²) < 4.78 is 31.4. The van der Waals surface area contributed by atoms with E-state index in [1.807, 2.05) is 0 Å². The minimum atomic E-state index is -3.20. The largest absolute Gasteiger partial charge is 0.492 e. The van der Waals surface area contributed by atoms with Crippen molar-refractivity contribution in [1.82, 2.24) is 4.31 Å². The summed E-state index contributed by atoms with van der Waals surface area (Å²) >= 11 is 0. The Labute approximate surface area is 120 Å². The first-order valence-electron chi connectivity index (χ1n) is 6.93. The molecule has 0 saturated carbocycles. The van der Waals surface area contributed by atoms with Crippen LogP contribution in [0.1, 0.15) is 19.8 Å². The van der Waals surface area contributed by atoms with Crippen molar-refractivity contribution in [3.8, 4) is 5.75 Å². The molecule has 0 unspecified atom stereocenters. The van der Waals surface area contributed by atoms with Crippen LogP contribution in [0.3, 0.4) is 0 Å². The van der Waals surface area contributed by atoms with Crippen molar-refractivity contribution in [1.29, 1.82) is 0 Å². The van der Waals surface area contributed by atoms with Crippen molar-refractivity contribution in [2.24, 2.45) is 5.92 Å². The Hall–Kier alpha value is -1.27. The molecule has 1 aromatic carbocycles. The molecule has 2 N–H and O–H groups in total. The molecular formula is C14H22N2O3S. The predicted octanol–water partition coefficient (Wildman–Crippen LogP) is 1.71. The van der Waals surface area contributed by atoms with Crippen LogP contribution < -0.4 is 10.5 Å². The highest BCUT2D eigenvalue weighted by Gasteiger charge is 2.26. The van der Waals surface area contributed by atoms with Gasteiger partial charge < -0.3 is 10.5 Å². The molecule has 0 amide bonds. The van der Waals surface area contributed by atoms with Crippen LogP contribution in [0.4, 0.5) is 5.69 Å². The fraction of sp³-hybridized carbons (Fsp3) is 0.571. The van der Waals surface area contributed by atoms with Crippen LogP contribution in [-0.2, 0) is 10.0 Å². The first-order valence-corrected chi connectivity index (χ1v) is 8.54. The molecule has 1 fully saturated rings. The maximum atomic E-state index is 12.2. The maximum absolute atomic E-state index is 12.2. The summed E-state index contributed by atoms with van der Waals surface area (Å²) in [5.41, 5.74) is 6.23. The topological polar surface area (TPSA) is 72.6 Å². The number of piperidine rings is 1. The number of anilines is 1. The molecule has 5 nitrogen and oxygen atoms in total. The predicted molar refractivity (Wildman–Crippen MR) is 80.1 cm³/mol. The molecule has 0 bridgehead atoms. The van der Waals surface area contributed by atoms with Gasteiger partial charge in [-0.25, -0.2) is 12.7 Å². The van der Waals surface area contributed by atoms with Gasteiger partial charge in [-0.1, -0.05) is 6.92 Å². The number of hydrogen-bond acceptors (Lipinski definition) is 4. The van der Waals surface area contributed by atoms with Gasteiger partial charge in [-0.05, 0) is 43.0 Å². The highest BCUT2D eigenvalue weighted by molar-refractivity contribution is 7.89. The third-order valence-corrected chi connectivity index (χ3v) is 5.46. The van der Waals surface area contributed by atoms with E-state index in [2.05, 4.69) is 6.92 Å². The average molecular weight is 298 g/mol. The summed E-state index contributed by atoms with van der Waals surface area (Å²) in [5, 5.41) is 0. The molecule has 0 radical (unpaired) electrons. The van der Waals surface area contributed by atoms with Gasteiger partial charge in [-0.3, -0.25) is 0 Å². The molecule has 1 saturated heterocycles. The minimum absolute atomic E-state index is 0.0196. The smallest absolute Gasteiger partial charge is 0.217 e. The molecule has 0 atom stereocenters. The molecule has 6 heteroatoms. The monoisotopic (exact) mass is 298 g/mol. The van der Waals surface area contributed by atoms with Gasteiger partial charge in [0.1, 0.15) is 12.4 Å². The first-order chi connectivity index (χ1) is 9.47. The third kappa shape index (κ3) is 4.11. The summed E-state index contributed by atoms with van der Waals surface area (Å²) in [6, 6.07) is 6.95. The SMILES string of the molecule is CC1CCN(S(=O)(=O)CCOc2ccc(N)cc2)CC1. The maximum Gasteiger partial charge on any atom is 0.217 e. The molecule has 112 valence electrons. The van der Waals surface area contributed by atoms with Gasteiger partial charge in [0.25, 0.3) is 0 Å². The lowest BCUT2D eigenvalue weighted by Crippen LogP contribution is -2.40. The first kappa shape index (κ1) is 15.1. The molecule has 0 aliphatic carbocycles. The van der Waals surface area contributed by atoms with Crippen LogP contribution in [0.25, 0.3) is 0 Å². The van der Waals surface area contributed by atoms with E-state index in [0.717, 1.165) is 12.8 Å². The van der Waals surface area contributed by atoms with Gasteiger partial charge in [0, 0.05) is 18.8 Å². The molecule has 0 aromatic heterocycles. The number of nitrogens with zero attached hydrogens (tertiary/aromatic N) is 1. The van der Waals surface area contributed by atoms with Crippen LogP contribution in [0.2, 0.25) is 0 Å². The van der Waals surface area contributed by atoms with E-state index in [1.165, 1.54) is 0 Å². The number of hydrogen-bond donors (Lipinski definition) is 1. The van der Waals surface area contributed by atoms with E-state index < -0.39 is 10.0 Å². The molecule has 1 aliphatic rings. The molecular weight excluding hydrogens is 276 g/mol. The van der Waals surface area contributed by atoms with Crippen molar-refractivity contribution < 1.29 is 13.2 Å². The van der Waals surface area contributed by atoms with Crippen molar-refractivity contribution in [2.75, 3.05) is 31.2 Å². The Morgan fingerprint density at radius 1 is 1.25 bits per heavy atom. The normalized spacial score (nSPS) is 18.1. The number of ether oxygens (including phenoxy) is 1. The average Bonchev–Trinajstić information content (AvgIpc) is 2.41. The van der Waals surface area contributed by atoms with Gasteiger partial charge in [0.05, 0.1) is 5.75 Å². The lowest BCUT2D eigenvalue weighted by molar-refractivity contribution is 0.283. The fourth-order valence-corrected chi connectivity index (χ4v) is 3.54. The summed E-state index contributed by atoms with van der Waals surface area (Å²) in [6.45, 7) is 3.59. The van der Waals surface area contributed by atoms with Gasteiger partial charge in [-0.15, -0.1) is 0 Å². The Morgan fingerprint density at radius 3 is 2.45 bits per heavy atom. The van der Waals surface area contributed by atoms with Crippen LogP contribution >= 0.6 is 0 Å². The van der Waals surface area contributed by atoms with Crippen LogP contribution in [0, 0.1) is 5.92 Å². The molecule has 0 spiro atoms. The quantitative estimate of drug-likeness (QED) is 0.840. The summed E-state index contributed by atoms with van der Waals surface area (Å²) in [7, 11) is -3.20. The number of nitrogen functional groups attached to an aromatic ring is 1. The van der Waals surface area contributed by atoms with E-state index in [0.29, 0.717) is 30.4 Å². The van der Waals surface area contributed by atoms with E-state index in [1.54, 1.807) is 28.6 Å². The van der Waals surface area contributed by atoms with Gasteiger partial charge in [0.2, 0.25) is 10.0 Å². The minimum Gasteiger partial charge on any atom is -0.492 e. The highest BCUT2D eigenvalue weighted by Crippen LogP contribution is 2.19. The number of rotatable bonds is 5. The second-order valence-electron chi connectivity index (χ2n) is 5.32. The Kier molecular flexibility index (Phi) is 4.88. The number of benzene rings is 1. The number of nitrogens with two attached hydrogens (primary N) is 1. The van der Waals surface area contributed by atoms with Gasteiger partial charge in [0.15, 0.2) is 0 Å². The zero-order valence-corrected chi connectivity index (χ0v) is 12.6. The summed E-state index contributed by atoms with van der Waals surface area (Å²) in [4.78, 5) is 0.